The number of anilines is 2. The summed E-state index contributed by atoms with van der Waals surface area (Å²) in [4.78, 5) is 20.3. The van der Waals surface area contributed by atoms with Crippen LogP contribution in [0.5, 0.6) is 0 Å². The van der Waals surface area contributed by atoms with Gasteiger partial charge in [-0.2, -0.15) is 0 Å². The average Bonchev–Trinajstić information content (AvgIpc) is 2.84. The lowest BCUT2D eigenvalue weighted by atomic mass is 10.1. The van der Waals surface area contributed by atoms with Gasteiger partial charge in [0, 0.05) is 26.7 Å². The summed E-state index contributed by atoms with van der Waals surface area (Å²) in [5.74, 6) is 0.0927. The highest BCUT2D eigenvalue weighted by Crippen LogP contribution is 2.36. The van der Waals surface area contributed by atoms with Crippen LogP contribution in [0.2, 0.25) is 0 Å². The number of rotatable bonds is 2. The highest BCUT2D eigenvalue weighted by molar-refractivity contribution is 5.97. The van der Waals surface area contributed by atoms with E-state index in [0.29, 0.717) is 0 Å². The minimum Gasteiger partial charge on any atom is -0.362 e. The first kappa shape index (κ1) is 13.7. The molecular formula is C16H20N4O. The molecule has 0 aliphatic carbocycles. The number of para-hydroxylation sites is 2. The predicted molar refractivity (Wildman–Crippen MR) is 83.3 cm³/mol. The van der Waals surface area contributed by atoms with Crippen molar-refractivity contribution in [3.8, 4) is 0 Å². The molecule has 110 valence electrons. The summed E-state index contributed by atoms with van der Waals surface area (Å²) in [5, 5.41) is 0. The maximum atomic E-state index is 11.9. The molecule has 0 saturated heterocycles. The van der Waals surface area contributed by atoms with Crippen molar-refractivity contribution in [2.45, 2.75) is 26.4 Å². The van der Waals surface area contributed by atoms with E-state index in [4.69, 9.17) is 0 Å². The molecule has 1 amide bonds. The number of hydrogen-bond donors (Lipinski definition) is 0. The van der Waals surface area contributed by atoms with Crippen LogP contribution in [0, 0.1) is 0 Å². The molecule has 3 rings (SSSR count). The molecule has 1 atom stereocenters. The summed E-state index contributed by atoms with van der Waals surface area (Å²) in [6, 6.07) is 8.25. The number of carbonyl (C=O) groups excluding carboxylic acids is 1. The molecule has 0 saturated carbocycles. The van der Waals surface area contributed by atoms with Gasteiger partial charge < -0.3 is 14.4 Å². The fraction of sp³-hybridized carbons (Fsp3) is 0.375. The summed E-state index contributed by atoms with van der Waals surface area (Å²) >= 11 is 0. The van der Waals surface area contributed by atoms with Crippen molar-refractivity contribution >= 4 is 17.3 Å². The van der Waals surface area contributed by atoms with E-state index in [1.165, 1.54) is 0 Å². The maximum Gasteiger partial charge on any atom is 0.224 e. The van der Waals surface area contributed by atoms with Crippen LogP contribution in [0.25, 0.3) is 0 Å². The Morgan fingerprint density at radius 3 is 2.67 bits per heavy atom. The van der Waals surface area contributed by atoms with Crippen molar-refractivity contribution < 1.29 is 4.79 Å². The predicted octanol–water partition coefficient (Wildman–Crippen LogP) is 2.18. The van der Waals surface area contributed by atoms with Crippen LogP contribution in [-0.2, 0) is 18.4 Å². The first-order valence-electron chi connectivity index (χ1n) is 7.17. The number of carbonyl (C=O) groups is 1. The van der Waals surface area contributed by atoms with E-state index >= 15 is 0 Å². The Bertz CT molecular complexity index is 664. The molecule has 21 heavy (non-hydrogen) atoms. The van der Waals surface area contributed by atoms with Crippen LogP contribution in [-0.4, -0.2) is 28.0 Å². The van der Waals surface area contributed by atoms with E-state index in [1.54, 1.807) is 6.92 Å². The minimum atomic E-state index is 0.0927. The van der Waals surface area contributed by atoms with Crippen molar-refractivity contribution in [3.63, 3.8) is 0 Å². The SMILES string of the molecule is CC(=O)N1c2ccccc2N(Cc2cncn2C)C[C@@H]1C. The maximum absolute atomic E-state index is 11.9. The van der Waals surface area contributed by atoms with Gasteiger partial charge in [-0.15, -0.1) is 0 Å². The summed E-state index contributed by atoms with van der Waals surface area (Å²) in [5.41, 5.74) is 3.26. The molecule has 0 N–H and O–H groups in total. The van der Waals surface area contributed by atoms with Crippen molar-refractivity contribution in [3.05, 3.63) is 42.5 Å². The summed E-state index contributed by atoms with van der Waals surface area (Å²) in [7, 11) is 2.00. The fourth-order valence-electron chi connectivity index (χ4n) is 3.03. The van der Waals surface area contributed by atoms with E-state index in [1.807, 2.05) is 47.2 Å². The number of hydrogen-bond acceptors (Lipinski definition) is 3. The second-order valence-corrected chi connectivity index (χ2v) is 5.60. The smallest absolute Gasteiger partial charge is 0.224 e. The molecule has 0 unspecified atom stereocenters. The van der Waals surface area contributed by atoms with Gasteiger partial charge in [0.1, 0.15) is 0 Å². The highest BCUT2D eigenvalue weighted by Gasteiger charge is 2.30. The topological polar surface area (TPSA) is 41.4 Å². The van der Waals surface area contributed by atoms with Gasteiger partial charge in [-0.25, -0.2) is 4.98 Å². The quantitative estimate of drug-likeness (QED) is 0.849. The molecule has 1 aromatic carbocycles. The monoisotopic (exact) mass is 284 g/mol. The normalized spacial score (nSPS) is 17.8. The van der Waals surface area contributed by atoms with Gasteiger partial charge in [-0.05, 0) is 19.1 Å². The van der Waals surface area contributed by atoms with Crippen molar-refractivity contribution in [1.29, 1.82) is 0 Å². The molecule has 1 aliphatic heterocycles. The molecule has 1 aromatic heterocycles. The standard InChI is InChI=1S/C16H20N4O/c1-12-9-19(10-14-8-17-11-18(14)3)15-6-4-5-7-16(15)20(12)13(2)21/h4-8,11-12H,9-10H2,1-3H3/t12-/m0/s1. The van der Waals surface area contributed by atoms with Crippen LogP contribution in [0.15, 0.2) is 36.8 Å². The number of fused-ring (bicyclic) bond motifs is 1. The summed E-state index contributed by atoms with van der Waals surface area (Å²) < 4.78 is 2.03. The molecule has 2 heterocycles. The van der Waals surface area contributed by atoms with Gasteiger partial charge in [-0.3, -0.25) is 4.79 Å². The second kappa shape index (κ2) is 5.24. The van der Waals surface area contributed by atoms with E-state index in [-0.39, 0.29) is 11.9 Å². The molecule has 1 aliphatic rings. The number of aryl methyl sites for hydroxylation is 1. The second-order valence-electron chi connectivity index (χ2n) is 5.60. The Labute approximate surface area is 124 Å². The Morgan fingerprint density at radius 2 is 2.05 bits per heavy atom. The molecule has 0 radical (unpaired) electrons. The van der Waals surface area contributed by atoms with Crippen LogP contribution in [0.3, 0.4) is 0 Å². The van der Waals surface area contributed by atoms with Crippen LogP contribution >= 0.6 is 0 Å². The zero-order valence-electron chi connectivity index (χ0n) is 12.7. The van der Waals surface area contributed by atoms with Gasteiger partial charge in [0.2, 0.25) is 5.91 Å². The number of nitrogens with zero attached hydrogens (tertiary/aromatic N) is 4. The van der Waals surface area contributed by atoms with Gasteiger partial charge in [0.05, 0.1) is 36.0 Å². The Hall–Kier alpha value is -2.30. The lowest BCUT2D eigenvalue weighted by molar-refractivity contribution is -0.117. The highest BCUT2D eigenvalue weighted by atomic mass is 16.2. The molecule has 5 nitrogen and oxygen atoms in total. The third-order valence-corrected chi connectivity index (χ3v) is 4.02. The largest absolute Gasteiger partial charge is 0.362 e. The lowest BCUT2D eigenvalue weighted by Crippen LogP contribution is -2.49. The van der Waals surface area contributed by atoms with Crippen LogP contribution in [0.4, 0.5) is 11.4 Å². The number of aromatic nitrogens is 2. The first-order valence-corrected chi connectivity index (χ1v) is 7.17. The first-order chi connectivity index (χ1) is 10.1. The van der Waals surface area contributed by atoms with E-state index in [9.17, 15) is 4.79 Å². The molecule has 2 aromatic rings. The summed E-state index contributed by atoms with van der Waals surface area (Å²) in [6.45, 7) is 5.34. The number of benzene rings is 1. The van der Waals surface area contributed by atoms with Crippen molar-refractivity contribution in [2.75, 3.05) is 16.3 Å². The van der Waals surface area contributed by atoms with Gasteiger partial charge in [0.25, 0.3) is 0 Å². The van der Waals surface area contributed by atoms with Gasteiger partial charge >= 0.3 is 0 Å². The van der Waals surface area contributed by atoms with Crippen molar-refractivity contribution in [1.82, 2.24) is 9.55 Å². The molecule has 0 fully saturated rings. The molecular weight excluding hydrogens is 264 g/mol. The summed E-state index contributed by atoms with van der Waals surface area (Å²) in [6.07, 6.45) is 3.71. The number of imidazole rings is 1. The molecule has 0 spiro atoms. The third-order valence-electron chi connectivity index (χ3n) is 4.02. The Morgan fingerprint density at radius 1 is 1.33 bits per heavy atom. The fourth-order valence-corrected chi connectivity index (χ4v) is 3.03. The number of amides is 1. The van der Waals surface area contributed by atoms with Crippen molar-refractivity contribution in [2.24, 2.45) is 7.05 Å². The zero-order chi connectivity index (χ0) is 15.0. The van der Waals surface area contributed by atoms with Gasteiger partial charge in [-0.1, -0.05) is 12.1 Å². The minimum absolute atomic E-state index is 0.0927. The molecule has 5 heteroatoms. The Balaban J connectivity index is 1.98. The van der Waals surface area contributed by atoms with Crippen LogP contribution in [0.1, 0.15) is 19.5 Å². The average molecular weight is 284 g/mol. The van der Waals surface area contributed by atoms with E-state index in [0.717, 1.165) is 30.2 Å². The zero-order valence-corrected chi connectivity index (χ0v) is 12.7. The Kier molecular flexibility index (Phi) is 3.41. The lowest BCUT2D eigenvalue weighted by Gasteiger charge is -2.41. The third kappa shape index (κ3) is 2.39. The van der Waals surface area contributed by atoms with Gasteiger partial charge in [0.15, 0.2) is 0 Å². The van der Waals surface area contributed by atoms with Crippen LogP contribution < -0.4 is 9.80 Å². The van der Waals surface area contributed by atoms with E-state index < -0.39 is 0 Å². The van der Waals surface area contributed by atoms with E-state index in [2.05, 4.69) is 22.9 Å². The molecule has 0 bridgehead atoms.